The van der Waals surface area contributed by atoms with Crippen molar-refractivity contribution in [3.8, 4) is 11.8 Å². The van der Waals surface area contributed by atoms with Crippen molar-refractivity contribution in [2.24, 2.45) is 0 Å². The molecule has 0 radical (unpaired) electrons. The van der Waals surface area contributed by atoms with Gasteiger partial charge >= 0.3 is 0 Å². The molecule has 1 N–H and O–H groups in total. The molecule has 0 atom stereocenters. The molecule has 0 aliphatic carbocycles. The molecule has 2 aromatic carbocycles. The van der Waals surface area contributed by atoms with Crippen LogP contribution in [-0.2, 0) is 14.9 Å². The molecular formula is C20H19N3O5. The van der Waals surface area contributed by atoms with Gasteiger partial charge in [-0.3, -0.25) is 14.9 Å². The summed E-state index contributed by atoms with van der Waals surface area (Å²) < 4.78 is 10.5. The van der Waals surface area contributed by atoms with Gasteiger partial charge in [-0.25, -0.2) is 0 Å². The second kappa shape index (κ2) is 8.06. The van der Waals surface area contributed by atoms with Gasteiger partial charge in [0.25, 0.3) is 5.69 Å². The van der Waals surface area contributed by atoms with Crippen LogP contribution in [0.3, 0.4) is 0 Å². The number of rotatable bonds is 5. The third-order valence-corrected chi connectivity index (χ3v) is 5.01. The summed E-state index contributed by atoms with van der Waals surface area (Å²) in [6.07, 6.45) is 0.878. The van der Waals surface area contributed by atoms with Crippen molar-refractivity contribution in [2.75, 3.05) is 25.6 Å². The van der Waals surface area contributed by atoms with Crippen LogP contribution in [0.2, 0.25) is 0 Å². The van der Waals surface area contributed by atoms with E-state index in [-0.39, 0.29) is 11.6 Å². The molecule has 0 unspecified atom stereocenters. The third kappa shape index (κ3) is 3.66. The van der Waals surface area contributed by atoms with E-state index >= 15 is 0 Å². The molecule has 8 heteroatoms. The van der Waals surface area contributed by atoms with Gasteiger partial charge in [0.05, 0.1) is 28.7 Å². The quantitative estimate of drug-likeness (QED) is 0.628. The second-order valence-electron chi connectivity index (χ2n) is 6.48. The Morgan fingerprint density at radius 3 is 2.50 bits per heavy atom. The van der Waals surface area contributed by atoms with Crippen LogP contribution in [0.25, 0.3) is 0 Å². The van der Waals surface area contributed by atoms with Crippen LogP contribution in [0, 0.1) is 21.4 Å². The summed E-state index contributed by atoms with van der Waals surface area (Å²) >= 11 is 0. The first-order valence-corrected chi connectivity index (χ1v) is 8.72. The maximum absolute atomic E-state index is 13.3. The number of ether oxygens (including phenoxy) is 2. The highest BCUT2D eigenvalue weighted by atomic mass is 16.6. The molecule has 1 amide bonds. The molecule has 0 spiro atoms. The molecule has 0 saturated carbocycles. The molecular weight excluding hydrogens is 362 g/mol. The predicted octanol–water partition coefficient (Wildman–Crippen LogP) is 3.16. The molecule has 1 aliphatic heterocycles. The molecule has 28 heavy (non-hydrogen) atoms. The van der Waals surface area contributed by atoms with Gasteiger partial charge in [-0.2, -0.15) is 5.26 Å². The number of nitro groups is 1. The van der Waals surface area contributed by atoms with Crippen molar-refractivity contribution in [1.29, 1.82) is 5.26 Å². The average Bonchev–Trinajstić information content (AvgIpc) is 2.74. The van der Waals surface area contributed by atoms with E-state index in [1.807, 2.05) is 0 Å². The number of carbonyl (C=O) groups excluding carboxylic acids is 1. The molecule has 1 saturated heterocycles. The fraction of sp³-hybridized carbons (Fsp3) is 0.300. The van der Waals surface area contributed by atoms with Gasteiger partial charge in [-0.15, -0.1) is 0 Å². The Labute approximate surface area is 161 Å². The SMILES string of the molecule is COc1ccc(NC(=O)C2(c3ccc([N+](=O)[O-])cc3)CCOCC2)c(C#N)c1. The lowest BCUT2D eigenvalue weighted by atomic mass is 9.73. The highest BCUT2D eigenvalue weighted by Crippen LogP contribution is 2.37. The number of hydrogen-bond donors (Lipinski definition) is 1. The Hall–Kier alpha value is -3.44. The van der Waals surface area contributed by atoms with E-state index in [2.05, 4.69) is 11.4 Å². The molecule has 2 aromatic rings. The van der Waals surface area contributed by atoms with Crippen LogP contribution in [0.1, 0.15) is 24.0 Å². The Kier molecular flexibility index (Phi) is 5.57. The first-order valence-electron chi connectivity index (χ1n) is 8.72. The van der Waals surface area contributed by atoms with E-state index in [0.29, 0.717) is 48.6 Å². The molecule has 1 aliphatic rings. The van der Waals surface area contributed by atoms with Crippen LogP contribution in [-0.4, -0.2) is 31.2 Å². The van der Waals surface area contributed by atoms with Crippen molar-refractivity contribution in [3.63, 3.8) is 0 Å². The summed E-state index contributed by atoms with van der Waals surface area (Å²) in [7, 11) is 1.50. The van der Waals surface area contributed by atoms with Gasteiger partial charge in [0.1, 0.15) is 11.8 Å². The van der Waals surface area contributed by atoms with E-state index in [1.165, 1.54) is 19.2 Å². The number of anilines is 1. The molecule has 0 bridgehead atoms. The number of non-ortho nitro benzene ring substituents is 1. The van der Waals surface area contributed by atoms with Crippen LogP contribution >= 0.6 is 0 Å². The number of nitrogens with one attached hydrogen (secondary N) is 1. The number of benzene rings is 2. The topological polar surface area (TPSA) is 114 Å². The summed E-state index contributed by atoms with van der Waals surface area (Å²) in [4.78, 5) is 23.7. The summed E-state index contributed by atoms with van der Waals surface area (Å²) in [5, 5.41) is 23.2. The Bertz CT molecular complexity index is 928. The number of methoxy groups -OCH3 is 1. The minimum absolute atomic E-state index is 0.0340. The Morgan fingerprint density at radius 1 is 1.25 bits per heavy atom. The fourth-order valence-electron chi connectivity index (χ4n) is 3.36. The summed E-state index contributed by atoms with van der Waals surface area (Å²) in [6.45, 7) is 0.802. The van der Waals surface area contributed by atoms with Crippen molar-refractivity contribution >= 4 is 17.3 Å². The average molecular weight is 381 g/mol. The number of nitriles is 1. The van der Waals surface area contributed by atoms with E-state index in [1.54, 1.807) is 30.3 Å². The van der Waals surface area contributed by atoms with Crippen molar-refractivity contribution in [3.05, 3.63) is 63.7 Å². The maximum atomic E-state index is 13.3. The van der Waals surface area contributed by atoms with Gasteiger partial charge in [0.2, 0.25) is 5.91 Å². The number of amides is 1. The lowest BCUT2D eigenvalue weighted by molar-refractivity contribution is -0.384. The smallest absolute Gasteiger partial charge is 0.269 e. The van der Waals surface area contributed by atoms with Crippen LogP contribution in [0.5, 0.6) is 5.75 Å². The van der Waals surface area contributed by atoms with Crippen molar-refractivity contribution < 1.29 is 19.2 Å². The number of hydrogen-bond acceptors (Lipinski definition) is 6. The summed E-state index contributed by atoms with van der Waals surface area (Å²) in [5.74, 6) is 0.247. The second-order valence-corrected chi connectivity index (χ2v) is 6.48. The largest absolute Gasteiger partial charge is 0.497 e. The summed E-state index contributed by atoms with van der Waals surface area (Å²) in [6, 6.07) is 12.9. The van der Waals surface area contributed by atoms with E-state index in [9.17, 15) is 20.2 Å². The highest BCUT2D eigenvalue weighted by Gasteiger charge is 2.42. The standard InChI is InChI=1S/C20H19N3O5/c1-27-17-6-7-18(14(12-17)13-21)22-19(24)20(8-10-28-11-9-20)15-2-4-16(5-3-15)23(25)26/h2-7,12H,8-11H2,1H3,(H,22,24). The van der Waals surface area contributed by atoms with Gasteiger partial charge in [0, 0.05) is 25.3 Å². The number of carbonyl (C=O) groups is 1. The van der Waals surface area contributed by atoms with Crippen molar-refractivity contribution in [2.45, 2.75) is 18.3 Å². The summed E-state index contributed by atoms with van der Waals surface area (Å²) in [5.41, 5.74) is 0.443. The normalized spacial score (nSPS) is 15.3. The number of nitro benzene ring substituents is 1. The Balaban J connectivity index is 1.95. The number of nitrogens with zero attached hydrogens (tertiary/aromatic N) is 2. The molecule has 8 nitrogen and oxygen atoms in total. The first kappa shape index (κ1) is 19.3. The zero-order valence-corrected chi connectivity index (χ0v) is 15.3. The fourth-order valence-corrected chi connectivity index (χ4v) is 3.36. The van der Waals surface area contributed by atoms with Gasteiger partial charge in [0.15, 0.2) is 0 Å². The lowest BCUT2D eigenvalue weighted by Crippen LogP contribution is -2.45. The lowest BCUT2D eigenvalue weighted by Gasteiger charge is -2.36. The van der Waals surface area contributed by atoms with Crippen LogP contribution in [0.4, 0.5) is 11.4 Å². The van der Waals surface area contributed by atoms with Crippen LogP contribution < -0.4 is 10.1 Å². The molecule has 144 valence electrons. The minimum atomic E-state index is -0.889. The zero-order valence-electron chi connectivity index (χ0n) is 15.3. The van der Waals surface area contributed by atoms with Crippen molar-refractivity contribution in [1.82, 2.24) is 0 Å². The molecule has 1 fully saturated rings. The van der Waals surface area contributed by atoms with Gasteiger partial charge in [-0.05, 0) is 36.6 Å². The molecule has 3 rings (SSSR count). The van der Waals surface area contributed by atoms with E-state index in [4.69, 9.17) is 9.47 Å². The first-order chi connectivity index (χ1) is 13.5. The molecule has 1 heterocycles. The molecule has 0 aromatic heterocycles. The van der Waals surface area contributed by atoms with E-state index in [0.717, 1.165) is 0 Å². The predicted molar refractivity (Wildman–Crippen MR) is 101 cm³/mol. The monoisotopic (exact) mass is 381 g/mol. The zero-order chi connectivity index (χ0) is 20.1. The third-order valence-electron chi connectivity index (χ3n) is 5.01. The Morgan fingerprint density at radius 2 is 1.93 bits per heavy atom. The van der Waals surface area contributed by atoms with Crippen LogP contribution in [0.15, 0.2) is 42.5 Å². The highest BCUT2D eigenvalue weighted by molar-refractivity contribution is 6.00. The van der Waals surface area contributed by atoms with Gasteiger partial charge < -0.3 is 14.8 Å². The van der Waals surface area contributed by atoms with Gasteiger partial charge in [-0.1, -0.05) is 12.1 Å². The van der Waals surface area contributed by atoms with E-state index < -0.39 is 10.3 Å². The minimum Gasteiger partial charge on any atom is -0.497 e. The maximum Gasteiger partial charge on any atom is 0.269 e.